The number of H-pyrrole nitrogens is 2. The van der Waals surface area contributed by atoms with Crippen LogP contribution in [0.5, 0.6) is 0 Å². The van der Waals surface area contributed by atoms with Crippen molar-refractivity contribution in [2.45, 2.75) is 71.6 Å². The fourth-order valence-electron chi connectivity index (χ4n) is 3.70. The van der Waals surface area contributed by atoms with Crippen molar-refractivity contribution in [2.75, 3.05) is 6.61 Å². The van der Waals surface area contributed by atoms with Gasteiger partial charge in [0.05, 0.1) is 18.0 Å². The summed E-state index contributed by atoms with van der Waals surface area (Å²) in [6, 6.07) is 8.34. The Balaban J connectivity index is 1.51. The van der Waals surface area contributed by atoms with Gasteiger partial charge in [0, 0.05) is 23.7 Å². The van der Waals surface area contributed by atoms with E-state index in [2.05, 4.69) is 35.1 Å². The molecule has 0 aliphatic carbocycles. The summed E-state index contributed by atoms with van der Waals surface area (Å²) in [6.07, 6.45) is 17.9. The number of hydrogen-bond donors (Lipinski definition) is 2. The van der Waals surface area contributed by atoms with Crippen LogP contribution in [0, 0.1) is 0 Å². The zero-order chi connectivity index (χ0) is 20.3. The van der Waals surface area contributed by atoms with Crippen LogP contribution in [0.25, 0.3) is 6.08 Å². The highest BCUT2D eigenvalue weighted by atomic mass is 16.5. The predicted molar refractivity (Wildman–Crippen MR) is 122 cm³/mol. The van der Waals surface area contributed by atoms with Gasteiger partial charge in [-0.2, -0.15) is 0 Å². The summed E-state index contributed by atoms with van der Waals surface area (Å²) in [7, 11) is 0. The summed E-state index contributed by atoms with van der Waals surface area (Å²) in [5, 5.41) is 0. The van der Waals surface area contributed by atoms with E-state index < -0.39 is 0 Å². The quantitative estimate of drug-likeness (QED) is 0.362. The second kappa shape index (κ2) is 11.5. The van der Waals surface area contributed by atoms with Crippen molar-refractivity contribution >= 4 is 11.8 Å². The van der Waals surface area contributed by atoms with Gasteiger partial charge in [-0.3, -0.25) is 0 Å². The number of allylic oxidation sites excluding steroid dienone is 1. The minimum Gasteiger partial charge on any atom is -0.492 e. The van der Waals surface area contributed by atoms with Gasteiger partial charge >= 0.3 is 0 Å². The lowest BCUT2D eigenvalue weighted by atomic mass is 10.1. The molecule has 0 aromatic carbocycles. The Morgan fingerprint density at radius 2 is 1.76 bits per heavy atom. The van der Waals surface area contributed by atoms with Crippen LogP contribution in [-0.4, -0.2) is 22.3 Å². The topological polar surface area (TPSA) is 53.2 Å². The van der Waals surface area contributed by atoms with E-state index in [0.717, 1.165) is 35.0 Å². The zero-order valence-corrected chi connectivity index (χ0v) is 18.0. The number of ether oxygens (including phenoxy) is 1. The largest absolute Gasteiger partial charge is 0.492 e. The number of aromatic nitrogens is 2. The van der Waals surface area contributed by atoms with Crippen molar-refractivity contribution in [3.8, 4) is 0 Å². The molecule has 0 bridgehead atoms. The molecule has 0 atom stereocenters. The van der Waals surface area contributed by atoms with Gasteiger partial charge in [-0.1, -0.05) is 51.9 Å². The van der Waals surface area contributed by atoms with E-state index in [4.69, 9.17) is 9.73 Å². The lowest BCUT2D eigenvalue weighted by Crippen LogP contribution is -1.94. The monoisotopic (exact) mass is 393 g/mol. The molecule has 1 aliphatic rings. The zero-order valence-electron chi connectivity index (χ0n) is 18.0. The van der Waals surface area contributed by atoms with Gasteiger partial charge in [0.25, 0.3) is 0 Å². The number of nitrogens with zero attached hydrogens (tertiary/aromatic N) is 1. The molecule has 0 unspecified atom stereocenters. The molecule has 0 fully saturated rings. The maximum absolute atomic E-state index is 5.80. The first kappa shape index (κ1) is 21.2. The fraction of sp³-hybridized carbons (Fsp3) is 0.480. The number of aromatic amines is 2. The number of aryl methyl sites for hydroxylation is 1. The first-order chi connectivity index (χ1) is 14.3. The summed E-state index contributed by atoms with van der Waals surface area (Å²) in [4.78, 5) is 11.5. The van der Waals surface area contributed by atoms with E-state index in [9.17, 15) is 0 Å². The van der Waals surface area contributed by atoms with E-state index in [1.807, 2.05) is 31.3 Å². The molecule has 2 aromatic heterocycles. The van der Waals surface area contributed by atoms with E-state index >= 15 is 0 Å². The number of hydrogen-bond acceptors (Lipinski definition) is 2. The molecule has 1 aliphatic heterocycles. The molecule has 4 nitrogen and oxygen atoms in total. The molecule has 0 saturated carbocycles. The van der Waals surface area contributed by atoms with Crippen LogP contribution < -0.4 is 0 Å². The minimum atomic E-state index is 0.630. The van der Waals surface area contributed by atoms with Gasteiger partial charge in [0.2, 0.25) is 0 Å². The SMILES string of the molecule is CCCCCCCCCCc1ccc(C=C2N=C(c3ccc[nH]3)C=C2OCC)[nH]1. The molecule has 2 aromatic rings. The lowest BCUT2D eigenvalue weighted by Gasteiger charge is -2.04. The van der Waals surface area contributed by atoms with Gasteiger partial charge in [-0.15, -0.1) is 0 Å². The molecule has 0 saturated heterocycles. The molecular formula is C25H35N3O. The van der Waals surface area contributed by atoms with Gasteiger partial charge in [0.1, 0.15) is 11.5 Å². The van der Waals surface area contributed by atoms with E-state index in [-0.39, 0.29) is 0 Å². The van der Waals surface area contributed by atoms with Gasteiger partial charge in [0.15, 0.2) is 0 Å². The number of nitrogens with one attached hydrogen (secondary N) is 2. The molecule has 4 heteroatoms. The molecule has 3 rings (SSSR count). The third kappa shape index (κ3) is 6.52. The smallest absolute Gasteiger partial charge is 0.147 e. The number of unbranched alkanes of at least 4 members (excludes halogenated alkanes) is 7. The second-order valence-corrected chi connectivity index (χ2v) is 7.72. The first-order valence-electron chi connectivity index (χ1n) is 11.3. The van der Waals surface area contributed by atoms with Crippen LogP contribution in [-0.2, 0) is 11.2 Å². The normalized spacial score (nSPS) is 15.0. The highest BCUT2D eigenvalue weighted by Gasteiger charge is 2.17. The lowest BCUT2D eigenvalue weighted by molar-refractivity contribution is 0.239. The average molecular weight is 394 g/mol. The molecular weight excluding hydrogens is 358 g/mol. The Morgan fingerprint density at radius 1 is 0.966 bits per heavy atom. The van der Waals surface area contributed by atoms with Crippen LogP contribution in [0.15, 0.2) is 53.0 Å². The Hall–Kier alpha value is -2.49. The fourth-order valence-corrected chi connectivity index (χ4v) is 3.70. The van der Waals surface area contributed by atoms with E-state index in [1.54, 1.807) is 0 Å². The predicted octanol–water partition coefficient (Wildman–Crippen LogP) is 6.79. The molecule has 29 heavy (non-hydrogen) atoms. The summed E-state index contributed by atoms with van der Waals surface area (Å²) in [5.74, 6) is 0.830. The van der Waals surface area contributed by atoms with Crippen LogP contribution in [0.3, 0.4) is 0 Å². The van der Waals surface area contributed by atoms with E-state index in [1.165, 1.54) is 57.1 Å². The maximum atomic E-state index is 5.80. The van der Waals surface area contributed by atoms with E-state index in [0.29, 0.717) is 6.61 Å². The first-order valence-corrected chi connectivity index (χ1v) is 11.3. The number of aliphatic imine (C=N–C) groups is 1. The van der Waals surface area contributed by atoms with Gasteiger partial charge < -0.3 is 14.7 Å². The molecule has 0 spiro atoms. The summed E-state index contributed by atoms with van der Waals surface area (Å²) >= 11 is 0. The van der Waals surface area contributed by atoms with Gasteiger partial charge in [-0.25, -0.2) is 4.99 Å². The van der Waals surface area contributed by atoms with Gasteiger partial charge in [-0.05, 0) is 50.1 Å². The summed E-state index contributed by atoms with van der Waals surface area (Å²) < 4.78 is 5.80. The number of rotatable bonds is 13. The summed E-state index contributed by atoms with van der Waals surface area (Å²) in [5.41, 5.74) is 5.17. The average Bonchev–Trinajstić information content (AvgIpc) is 3.46. The molecule has 156 valence electrons. The Bertz CT molecular complexity index is 824. The summed E-state index contributed by atoms with van der Waals surface area (Å²) in [6.45, 7) is 4.90. The standard InChI is InChI=1S/C25H35N3O/c1-3-5-6-7-8-9-10-11-13-20-15-16-21(27-20)18-24-25(29-4-2)19-23(28-24)22-14-12-17-26-22/h12,14-19,26-27H,3-11,13H2,1-2H3. The van der Waals surface area contributed by atoms with Crippen molar-refractivity contribution < 1.29 is 4.74 Å². The second-order valence-electron chi connectivity index (χ2n) is 7.72. The van der Waals surface area contributed by atoms with Crippen LogP contribution >= 0.6 is 0 Å². The Labute approximate surface area is 175 Å². The highest BCUT2D eigenvalue weighted by molar-refractivity contribution is 6.11. The molecule has 0 amide bonds. The Kier molecular flexibility index (Phi) is 8.41. The van der Waals surface area contributed by atoms with Crippen molar-refractivity contribution in [2.24, 2.45) is 4.99 Å². The maximum Gasteiger partial charge on any atom is 0.147 e. The molecule has 3 heterocycles. The van der Waals surface area contributed by atoms with Crippen LogP contribution in [0.1, 0.15) is 82.3 Å². The van der Waals surface area contributed by atoms with Crippen molar-refractivity contribution in [3.05, 3.63) is 65.1 Å². The third-order valence-electron chi connectivity index (χ3n) is 5.30. The van der Waals surface area contributed by atoms with Crippen LogP contribution in [0.4, 0.5) is 0 Å². The minimum absolute atomic E-state index is 0.630. The van der Waals surface area contributed by atoms with Crippen molar-refractivity contribution in [1.29, 1.82) is 0 Å². The van der Waals surface area contributed by atoms with Crippen LogP contribution in [0.2, 0.25) is 0 Å². The molecule has 2 N–H and O–H groups in total. The van der Waals surface area contributed by atoms with Crippen molar-refractivity contribution in [3.63, 3.8) is 0 Å². The Morgan fingerprint density at radius 3 is 2.48 bits per heavy atom. The molecule has 0 radical (unpaired) electrons. The highest BCUT2D eigenvalue weighted by Crippen LogP contribution is 2.25. The van der Waals surface area contributed by atoms with Crippen molar-refractivity contribution in [1.82, 2.24) is 9.97 Å². The third-order valence-corrected chi connectivity index (χ3v) is 5.30.